The number of nitrogens with one attached hydrogen (secondary N) is 2. The topological polar surface area (TPSA) is 57.4 Å². The number of fused-ring (bicyclic) bond motifs is 1. The minimum absolute atomic E-state index is 0.154. The van der Waals surface area contributed by atoms with Crippen LogP contribution in [0.2, 0.25) is 10.0 Å². The van der Waals surface area contributed by atoms with Crippen molar-refractivity contribution in [3.05, 3.63) is 80.6 Å². The number of ether oxygens (including phenoxy) is 1. The molecule has 156 valence electrons. The van der Waals surface area contributed by atoms with E-state index in [1.807, 2.05) is 44.2 Å². The van der Waals surface area contributed by atoms with E-state index in [4.69, 9.17) is 27.9 Å². The van der Waals surface area contributed by atoms with Gasteiger partial charge >= 0.3 is 6.09 Å². The van der Waals surface area contributed by atoms with Crippen LogP contribution in [0.25, 0.3) is 0 Å². The van der Waals surface area contributed by atoms with Crippen molar-refractivity contribution in [3.63, 3.8) is 0 Å². The lowest BCUT2D eigenvalue weighted by atomic mass is 9.85. The zero-order chi connectivity index (χ0) is 21.4. The number of carbonyl (C=O) groups is 1. The van der Waals surface area contributed by atoms with Crippen molar-refractivity contribution in [2.75, 3.05) is 18.9 Å². The van der Waals surface area contributed by atoms with Crippen LogP contribution in [0, 0.1) is 13.8 Å². The molecule has 1 unspecified atom stereocenters. The molecule has 1 amide bonds. The van der Waals surface area contributed by atoms with Crippen molar-refractivity contribution in [2.24, 2.45) is 0 Å². The van der Waals surface area contributed by atoms with Gasteiger partial charge in [-0.2, -0.15) is 0 Å². The lowest BCUT2D eigenvalue weighted by Gasteiger charge is -2.33. The highest BCUT2D eigenvalue weighted by Gasteiger charge is 2.27. The summed E-state index contributed by atoms with van der Waals surface area (Å²) in [6.45, 7) is 5.44. The van der Waals surface area contributed by atoms with Crippen LogP contribution in [0.5, 0.6) is 5.75 Å². The Bertz CT molecular complexity index is 1090. The molecule has 1 aromatic heterocycles. The molecule has 1 aliphatic rings. The van der Waals surface area contributed by atoms with Gasteiger partial charge in [-0.25, -0.2) is 4.79 Å². The van der Waals surface area contributed by atoms with Crippen LogP contribution >= 0.6 is 23.2 Å². The summed E-state index contributed by atoms with van der Waals surface area (Å²) < 4.78 is 5.39. The Kier molecular flexibility index (Phi) is 5.78. The van der Waals surface area contributed by atoms with Crippen molar-refractivity contribution >= 4 is 35.0 Å². The number of amides is 1. The zero-order valence-corrected chi connectivity index (χ0v) is 18.6. The lowest BCUT2D eigenvalue weighted by Crippen LogP contribution is -2.31. The first-order valence-corrected chi connectivity index (χ1v) is 10.5. The fourth-order valence-corrected chi connectivity index (χ4v) is 4.55. The summed E-state index contributed by atoms with van der Waals surface area (Å²) in [6, 6.07) is 13.4. The molecule has 0 aliphatic carbocycles. The molecule has 0 saturated heterocycles. The second-order valence-corrected chi connectivity index (χ2v) is 8.63. The van der Waals surface area contributed by atoms with Gasteiger partial charge in [-0.1, -0.05) is 35.3 Å². The van der Waals surface area contributed by atoms with Crippen molar-refractivity contribution in [1.82, 2.24) is 9.88 Å². The van der Waals surface area contributed by atoms with Crippen LogP contribution < -0.4 is 10.1 Å². The maximum Gasteiger partial charge on any atom is 0.417 e. The molecule has 1 atom stereocenters. The molecule has 3 aromatic rings. The molecular weight excluding hydrogens is 421 g/mol. The third-order valence-electron chi connectivity index (χ3n) is 5.36. The molecule has 1 aliphatic heterocycles. The van der Waals surface area contributed by atoms with E-state index in [0.29, 0.717) is 21.5 Å². The van der Waals surface area contributed by atoms with Gasteiger partial charge < -0.3 is 14.6 Å². The number of halogens is 2. The van der Waals surface area contributed by atoms with Gasteiger partial charge in [-0.05, 0) is 61.9 Å². The molecular formula is C23H23Cl2N3O2. The predicted octanol–water partition coefficient (Wildman–Crippen LogP) is 6.13. The second-order valence-electron chi connectivity index (χ2n) is 7.78. The van der Waals surface area contributed by atoms with E-state index in [1.165, 1.54) is 0 Å². The van der Waals surface area contributed by atoms with Crippen molar-refractivity contribution in [3.8, 4) is 5.75 Å². The molecule has 7 heteroatoms. The first-order chi connectivity index (χ1) is 14.3. The van der Waals surface area contributed by atoms with Crippen LogP contribution in [0.4, 0.5) is 10.5 Å². The van der Waals surface area contributed by atoms with E-state index in [-0.39, 0.29) is 5.92 Å². The molecule has 0 radical (unpaired) electrons. The van der Waals surface area contributed by atoms with Crippen LogP contribution in [0.1, 0.15) is 34.0 Å². The Hall–Kier alpha value is -2.47. The standard InChI is InChI=1S/C23H23Cl2N3O2/c1-13-8-22(14(2)26-13)30-23(29)27-17-6-4-15(5-7-17)19-11-28(3)12-20-18(19)9-16(24)10-21(20)25/h4-10,19,26H,11-12H2,1-3H3,(H,27,29). The van der Waals surface area contributed by atoms with Crippen molar-refractivity contribution in [2.45, 2.75) is 26.3 Å². The number of hydrogen-bond donors (Lipinski definition) is 2. The molecule has 0 saturated carbocycles. The highest BCUT2D eigenvalue weighted by Crippen LogP contribution is 2.38. The number of anilines is 1. The Balaban J connectivity index is 1.51. The number of carbonyl (C=O) groups excluding carboxylic acids is 1. The van der Waals surface area contributed by atoms with Gasteiger partial charge in [0.1, 0.15) is 0 Å². The average molecular weight is 444 g/mol. The predicted molar refractivity (Wildman–Crippen MR) is 121 cm³/mol. The molecule has 4 rings (SSSR count). The highest BCUT2D eigenvalue weighted by atomic mass is 35.5. The third kappa shape index (κ3) is 4.33. The maximum absolute atomic E-state index is 12.2. The highest BCUT2D eigenvalue weighted by molar-refractivity contribution is 6.35. The molecule has 30 heavy (non-hydrogen) atoms. The first kappa shape index (κ1) is 20.8. The Morgan fingerprint density at radius 2 is 1.90 bits per heavy atom. The van der Waals surface area contributed by atoms with Crippen molar-refractivity contribution in [1.29, 1.82) is 0 Å². The molecule has 0 bridgehead atoms. The lowest BCUT2D eigenvalue weighted by molar-refractivity contribution is 0.215. The number of nitrogens with zero attached hydrogens (tertiary/aromatic N) is 1. The normalized spacial score (nSPS) is 16.2. The number of aryl methyl sites for hydroxylation is 2. The molecule has 0 spiro atoms. The maximum atomic E-state index is 12.2. The number of H-pyrrole nitrogens is 1. The molecule has 5 nitrogen and oxygen atoms in total. The van der Waals surface area contributed by atoms with Crippen LogP contribution in [-0.4, -0.2) is 29.6 Å². The zero-order valence-electron chi connectivity index (χ0n) is 17.1. The molecule has 0 fully saturated rings. The van der Waals surface area contributed by atoms with Gasteiger partial charge in [0.15, 0.2) is 5.75 Å². The SMILES string of the molecule is Cc1cc(OC(=O)Nc2ccc(C3CN(C)Cc4c(Cl)cc(Cl)cc43)cc2)c(C)[nH]1. The summed E-state index contributed by atoms with van der Waals surface area (Å²) in [5.41, 5.74) is 5.83. The van der Waals surface area contributed by atoms with Gasteiger partial charge in [-0.3, -0.25) is 5.32 Å². The number of aromatic amines is 1. The monoisotopic (exact) mass is 443 g/mol. The van der Waals surface area contributed by atoms with Gasteiger partial charge in [0.05, 0.1) is 5.69 Å². The summed E-state index contributed by atoms with van der Waals surface area (Å²) >= 11 is 12.7. The number of rotatable bonds is 3. The largest absolute Gasteiger partial charge is 0.417 e. The number of hydrogen-bond acceptors (Lipinski definition) is 3. The second kappa shape index (κ2) is 8.34. The minimum Gasteiger partial charge on any atom is -0.408 e. The van der Waals surface area contributed by atoms with Crippen LogP contribution in [-0.2, 0) is 6.54 Å². The first-order valence-electron chi connectivity index (χ1n) is 9.71. The summed E-state index contributed by atoms with van der Waals surface area (Å²) in [5, 5.41) is 4.12. The van der Waals surface area contributed by atoms with Crippen LogP contribution in [0.3, 0.4) is 0 Å². The van der Waals surface area contributed by atoms with E-state index in [1.54, 1.807) is 12.1 Å². The van der Waals surface area contributed by atoms with E-state index < -0.39 is 6.09 Å². The minimum atomic E-state index is -0.522. The summed E-state index contributed by atoms with van der Waals surface area (Å²) in [5.74, 6) is 0.679. The van der Waals surface area contributed by atoms with Gasteiger partial charge in [0, 0.05) is 46.5 Å². The third-order valence-corrected chi connectivity index (χ3v) is 5.91. The van der Waals surface area contributed by atoms with Gasteiger partial charge in [0.25, 0.3) is 0 Å². The van der Waals surface area contributed by atoms with Gasteiger partial charge in [0.2, 0.25) is 0 Å². The van der Waals surface area contributed by atoms with E-state index >= 15 is 0 Å². The van der Waals surface area contributed by atoms with Crippen molar-refractivity contribution < 1.29 is 9.53 Å². The van der Waals surface area contributed by atoms with E-state index in [0.717, 1.165) is 41.2 Å². The van der Waals surface area contributed by atoms with E-state index in [9.17, 15) is 4.79 Å². The number of aromatic nitrogens is 1. The summed E-state index contributed by atoms with van der Waals surface area (Å²) in [4.78, 5) is 17.6. The van der Waals surface area contributed by atoms with Crippen LogP contribution in [0.15, 0.2) is 42.5 Å². The van der Waals surface area contributed by atoms with E-state index in [2.05, 4.69) is 22.2 Å². The number of likely N-dealkylation sites (N-methyl/N-ethyl adjacent to an activating group) is 1. The summed E-state index contributed by atoms with van der Waals surface area (Å²) in [7, 11) is 2.08. The smallest absolute Gasteiger partial charge is 0.408 e. The molecule has 2 heterocycles. The van der Waals surface area contributed by atoms with Gasteiger partial charge in [-0.15, -0.1) is 0 Å². The molecule has 2 N–H and O–H groups in total. The Labute approximate surface area is 185 Å². The summed E-state index contributed by atoms with van der Waals surface area (Å²) in [6.07, 6.45) is -0.522. The Morgan fingerprint density at radius 3 is 2.57 bits per heavy atom. The fourth-order valence-electron chi connectivity index (χ4n) is 3.98. The quantitative estimate of drug-likeness (QED) is 0.511. The molecule has 2 aromatic carbocycles. The average Bonchev–Trinajstić information content (AvgIpc) is 2.99. The fraction of sp³-hybridized carbons (Fsp3) is 0.261. The number of benzene rings is 2. The Morgan fingerprint density at radius 1 is 1.17 bits per heavy atom.